The largest absolute Gasteiger partial charge is 0.467 e. The van der Waals surface area contributed by atoms with E-state index in [1.807, 2.05) is 32.9 Å². The summed E-state index contributed by atoms with van der Waals surface area (Å²) < 4.78 is 15.9. The Balaban J connectivity index is 2.08. The van der Waals surface area contributed by atoms with Crippen molar-refractivity contribution >= 4 is 11.9 Å². The molecule has 0 bridgehead atoms. The molecule has 1 heterocycles. The number of furan rings is 1. The molecule has 0 unspecified atom stereocenters. The van der Waals surface area contributed by atoms with Crippen molar-refractivity contribution in [3.8, 4) is 0 Å². The third-order valence-corrected chi connectivity index (χ3v) is 2.63. The summed E-state index contributed by atoms with van der Waals surface area (Å²) in [5.74, 6) is 1.05. The number of esters is 1. The van der Waals surface area contributed by atoms with Crippen molar-refractivity contribution in [2.24, 2.45) is 4.99 Å². The van der Waals surface area contributed by atoms with Gasteiger partial charge in [-0.15, -0.1) is 0 Å². The fourth-order valence-corrected chi connectivity index (χ4v) is 1.70. The minimum Gasteiger partial charge on any atom is -0.467 e. The van der Waals surface area contributed by atoms with Crippen molar-refractivity contribution in [2.45, 2.75) is 39.4 Å². The Hall–Kier alpha value is -2.02. The van der Waals surface area contributed by atoms with Crippen molar-refractivity contribution in [1.82, 2.24) is 10.6 Å². The molecule has 0 atom stereocenters. The van der Waals surface area contributed by atoms with Gasteiger partial charge >= 0.3 is 5.97 Å². The molecule has 7 heteroatoms. The first-order valence-electron chi connectivity index (χ1n) is 7.67. The number of hydrogen-bond donors (Lipinski definition) is 2. The Morgan fingerprint density at radius 3 is 2.74 bits per heavy atom. The van der Waals surface area contributed by atoms with E-state index in [4.69, 9.17) is 13.9 Å². The molecule has 0 radical (unpaired) electrons. The minimum absolute atomic E-state index is 0.0753. The molecule has 130 valence electrons. The number of carbonyl (C=O) groups excluding carboxylic acids is 1. The highest BCUT2D eigenvalue weighted by molar-refractivity contribution is 5.84. The van der Waals surface area contributed by atoms with Crippen LogP contribution in [0.25, 0.3) is 0 Å². The maximum absolute atomic E-state index is 11.6. The molecular weight excluding hydrogens is 298 g/mol. The SMILES string of the molecule is CN=C(NCCCOCc1ccco1)NCC(=O)OC(C)(C)C. The van der Waals surface area contributed by atoms with E-state index in [1.54, 1.807) is 13.3 Å². The molecule has 0 aliphatic carbocycles. The Kier molecular flexibility index (Phi) is 8.18. The van der Waals surface area contributed by atoms with Gasteiger partial charge in [-0.25, -0.2) is 0 Å². The van der Waals surface area contributed by atoms with Crippen molar-refractivity contribution in [3.05, 3.63) is 24.2 Å². The molecule has 0 aliphatic heterocycles. The zero-order chi connectivity index (χ0) is 17.1. The molecule has 0 fully saturated rings. The van der Waals surface area contributed by atoms with Gasteiger partial charge in [0, 0.05) is 20.2 Å². The van der Waals surface area contributed by atoms with E-state index in [0.29, 0.717) is 25.7 Å². The lowest BCUT2D eigenvalue weighted by Gasteiger charge is -2.20. The quantitative estimate of drug-likeness (QED) is 0.327. The van der Waals surface area contributed by atoms with Gasteiger partial charge in [-0.3, -0.25) is 9.79 Å². The summed E-state index contributed by atoms with van der Waals surface area (Å²) in [6.07, 6.45) is 2.44. The van der Waals surface area contributed by atoms with Gasteiger partial charge in [-0.1, -0.05) is 0 Å². The molecule has 0 spiro atoms. The van der Waals surface area contributed by atoms with Crippen LogP contribution in [0.5, 0.6) is 0 Å². The molecule has 2 N–H and O–H groups in total. The average molecular weight is 325 g/mol. The highest BCUT2D eigenvalue weighted by Gasteiger charge is 2.16. The summed E-state index contributed by atoms with van der Waals surface area (Å²) in [7, 11) is 1.65. The van der Waals surface area contributed by atoms with E-state index in [-0.39, 0.29) is 12.5 Å². The van der Waals surface area contributed by atoms with Gasteiger partial charge in [0.1, 0.15) is 24.5 Å². The summed E-state index contributed by atoms with van der Waals surface area (Å²) in [6.45, 7) is 7.34. The smallest absolute Gasteiger partial charge is 0.325 e. The molecular formula is C16H27N3O4. The zero-order valence-electron chi connectivity index (χ0n) is 14.3. The van der Waals surface area contributed by atoms with Gasteiger partial charge in [-0.05, 0) is 39.3 Å². The maximum atomic E-state index is 11.6. The third-order valence-electron chi connectivity index (χ3n) is 2.63. The van der Waals surface area contributed by atoms with Gasteiger partial charge in [0.2, 0.25) is 0 Å². The summed E-state index contributed by atoms with van der Waals surface area (Å²) >= 11 is 0. The Labute approximate surface area is 137 Å². The molecule has 1 aromatic rings. The standard InChI is InChI=1S/C16H27N3O4/c1-16(2,3)23-14(20)11-19-15(17-4)18-8-6-9-21-12-13-7-5-10-22-13/h5,7,10H,6,8-9,11-12H2,1-4H3,(H2,17,18,19). The highest BCUT2D eigenvalue weighted by Crippen LogP contribution is 2.06. The number of guanidine groups is 1. The van der Waals surface area contributed by atoms with Crippen LogP contribution in [0, 0.1) is 0 Å². The van der Waals surface area contributed by atoms with Crippen LogP contribution in [0.4, 0.5) is 0 Å². The van der Waals surface area contributed by atoms with Gasteiger partial charge in [0.15, 0.2) is 5.96 Å². The van der Waals surface area contributed by atoms with E-state index in [2.05, 4.69) is 15.6 Å². The number of carbonyl (C=O) groups is 1. The summed E-state index contributed by atoms with van der Waals surface area (Å²) in [4.78, 5) is 15.7. The Bertz CT molecular complexity index is 478. The molecule has 7 nitrogen and oxygen atoms in total. The highest BCUT2D eigenvalue weighted by atomic mass is 16.6. The summed E-state index contributed by atoms with van der Waals surface area (Å²) in [5.41, 5.74) is -0.485. The molecule has 0 amide bonds. The van der Waals surface area contributed by atoms with Crippen LogP contribution in [0.3, 0.4) is 0 Å². The number of ether oxygens (including phenoxy) is 2. The van der Waals surface area contributed by atoms with Gasteiger partial charge in [-0.2, -0.15) is 0 Å². The van der Waals surface area contributed by atoms with Crippen molar-refractivity contribution in [1.29, 1.82) is 0 Å². The van der Waals surface area contributed by atoms with Crippen LogP contribution in [0.2, 0.25) is 0 Å². The molecule has 0 saturated heterocycles. The Morgan fingerprint density at radius 1 is 1.35 bits per heavy atom. The van der Waals surface area contributed by atoms with Crippen LogP contribution in [0.1, 0.15) is 33.0 Å². The molecule has 1 rings (SSSR count). The van der Waals surface area contributed by atoms with Crippen LogP contribution in [0.15, 0.2) is 27.8 Å². The third kappa shape index (κ3) is 9.57. The lowest BCUT2D eigenvalue weighted by molar-refractivity contribution is -0.153. The average Bonchev–Trinajstić information content (AvgIpc) is 2.97. The second kappa shape index (κ2) is 9.89. The van der Waals surface area contributed by atoms with E-state index in [1.165, 1.54) is 0 Å². The summed E-state index contributed by atoms with van der Waals surface area (Å²) in [5, 5.41) is 6.02. The number of nitrogens with zero attached hydrogens (tertiary/aromatic N) is 1. The predicted octanol–water partition coefficient (Wildman–Crippen LogP) is 1.69. The number of aliphatic imine (C=N–C) groups is 1. The lowest BCUT2D eigenvalue weighted by atomic mass is 10.2. The van der Waals surface area contributed by atoms with E-state index in [9.17, 15) is 4.79 Å². The number of hydrogen-bond acceptors (Lipinski definition) is 5. The van der Waals surface area contributed by atoms with Crippen LogP contribution in [-0.2, 0) is 20.9 Å². The van der Waals surface area contributed by atoms with Gasteiger partial charge in [0.05, 0.1) is 6.26 Å². The topological polar surface area (TPSA) is 85.1 Å². The van der Waals surface area contributed by atoms with Crippen molar-refractivity contribution in [3.63, 3.8) is 0 Å². The fourth-order valence-electron chi connectivity index (χ4n) is 1.70. The zero-order valence-corrected chi connectivity index (χ0v) is 14.3. The Morgan fingerprint density at radius 2 is 2.13 bits per heavy atom. The van der Waals surface area contributed by atoms with Crippen LogP contribution in [-0.4, -0.2) is 44.3 Å². The predicted molar refractivity (Wildman–Crippen MR) is 88.2 cm³/mol. The second-order valence-electron chi connectivity index (χ2n) is 5.92. The number of rotatable bonds is 8. The molecule has 0 aliphatic rings. The fraction of sp³-hybridized carbons (Fsp3) is 0.625. The lowest BCUT2D eigenvalue weighted by Crippen LogP contribution is -2.42. The normalized spacial score (nSPS) is 12.1. The van der Waals surface area contributed by atoms with Crippen molar-refractivity contribution in [2.75, 3.05) is 26.7 Å². The first kappa shape index (κ1) is 19.0. The minimum atomic E-state index is -0.485. The molecule has 0 saturated carbocycles. The van der Waals surface area contributed by atoms with Crippen LogP contribution >= 0.6 is 0 Å². The van der Waals surface area contributed by atoms with Gasteiger partial charge in [0.25, 0.3) is 0 Å². The van der Waals surface area contributed by atoms with Gasteiger partial charge < -0.3 is 24.5 Å². The molecule has 0 aromatic carbocycles. The van der Waals surface area contributed by atoms with E-state index in [0.717, 1.165) is 12.2 Å². The summed E-state index contributed by atoms with van der Waals surface area (Å²) in [6, 6.07) is 3.71. The second-order valence-corrected chi connectivity index (χ2v) is 5.92. The maximum Gasteiger partial charge on any atom is 0.325 e. The van der Waals surface area contributed by atoms with Crippen LogP contribution < -0.4 is 10.6 Å². The first-order chi connectivity index (χ1) is 10.9. The van der Waals surface area contributed by atoms with E-state index < -0.39 is 5.60 Å². The number of nitrogens with one attached hydrogen (secondary N) is 2. The monoisotopic (exact) mass is 325 g/mol. The first-order valence-corrected chi connectivity index (χ1v) is 7.67. The molecule has 1 aromatic heterocycles. The molecule has 23 heavy (non-hydrogen) atoms. The van der Waals surface area contributed by atoms with Crippen molar-refractivity contribution < 1.29 is 18.7 Å². The van der Waals surface area contributed by atoms with E-state index >= 15 is 0 Å².